The van der Waals surface area contributed by atoms with Gasteiger partial charge in [0.05, 0.1) is 29.0 Å². The second-order valence-corrected chi connectivity index (χ2v) is 7.88. The Morgan fingerprint density at radius 3 is 2.52 bits per heavy atom. The van der Waals surface area contributed by atoms with E-state index in [1.54, 1.807) is 4.78 Å². The first-order valence-electron chi connectivity index (χ1n) is 7.95. The van der Waals surface area contributed by atoms with Crippen LogP contribution < -0.4 is 22.1 Å². The van der Waals surface area contributed by atoms with Gasteiger partial charge >= 0.3 is 0 Å². The van der Waals surface area contributed by atoms with Crippen LogP contribution in [0.3, 0.4) is 0 Å². The van der Waals surface area contributed by atoms with Crippen LogP contribution in [0.15, 0.2) is 54.9 Å². The Morgan fingerprint density at radius 1 is 1.04 bits per heavy atom. The Labute approximate surface area is 170 Å². The molecule has 27 heavy (non-hydrogen) atoms. The van der Waals surface area contributed by atoms with Crippen molar-refractivity contribution in [3.8, 4) is 22.4 Å². The molecule has 0 aliphatic carbocycles. The van der Waals surface area contributed by atoms with Crippen molar-refractivity contribution in [2.75, 3.05) is 16.2 Å². The number of nitrogens with zero attached hydrogens (tertiary/aromatic N) is 5. The molecule has 2 aromatic carbocycles. The number of halogens is 1. The summed E-state index contributed by atoms with van der Waals surface area (Å²) in [6.45, 7) is 0. The van der Waals surface area contributed by atoms with E-state index in [0.717, 1.165) is 28.1 Å². The number of fused-ring (bicyclic) bond motifs is 1. The Balaban J connectivity index is 2.00. The third kappa shape index (κ3) is 3.18. The number of rotatable bonds is 4. The predicted molar refractivity (Wildman–Crippen MR) is 119 cm³/mol. The average Bonchev–Trinajstić information content (AvgIpc) is 3.18. The summed E-state index contributed by atoms with van der Waals surface area (Å²) in [6.07, 6.45) is 1.84. The predicted octanol–water partition coefficient (Wildman–Crippen LogP) is 3.25. The molecule has 2 heterocycles. The van der Waals surface area contributed by atoms with E-state index in [4.69, 9.17) is 17.3 Å². The van der Waals surface area contributed by atoms with Crippen molar-refractivity contribution in [2.45, 2.75) is 0 Å². The minimum atomic E-state index is 0.272. The standard InChI is InChI=1S/C17H16IN8P/c18-27-26(21)13-7-6-11(8-12(13)19)14-15(10-4-2-1-3-5-10)24-17(20)25-16(14)22-9-23-25/h1-9,27H,19,21H2,(H2,20,24). The highest BCUT2D eigenvalue weighted by Crippen LogP contribution is 2.39. The molecule has 2 aromatic heterocycles. The van der Waals surface area contributed by atoms with Crippen molar-refractivity contribution in [2.24, 2.45) is 5.84 Å². The van der Waals surface area contributed by atoms with E-state index in [0.29, 0.717) is 17.7 Å². The first-order valence-corrected chi connectivity index (χ1v) is 12.0. The quantitative estimate of drug-likeness (QED) is 0.132. The fraction of sp³-hybridized carbons (Fsp3) is 0. The fourth-order valence-electron chi connectivity index (χ4n) is 2.95. The Morgan fingerprint density at radius 2 is 1.81 bits per heavy atom. The van der Waals surface area contributed by atoms with Crippen LogP contribution in [0.4, 0.5) is 17.3 Å². The van der Waals surface area contributed by atoms with E-state index in [1.165, 1.54) is 10.8 Å². The second kappa shape index (κ2) is 7.26. The van der Waals surface area contributed by atoms with Gasteiger partial charge in [-0.05, 0) is 39.7 Å². The molecule has 4 aromatic rings. The van der Waals surface area contributed by atoms with Gasteiger partial charge in [-0.3, -0.25) is 4.78 Å². The number of hydrazine groups is 1. The minimum Gasteiger partial charge on any atom is -0.397 e. The normalized spacial score (nSPS) is 11.5. The van der Waals surface area contributed by atoms with E-state index >= 15 is 0 Å². The molecule has 1 unspecified atom stereocenters. The maximum Gasteiger partial charge on any atom is 0.223 e. The van der Waals surface area contributed by atoms with Gasteiger partial charge in [-0.25, -0.2) is 15.8 Å². The number of hydrogen-bond acceptors (Lipinski definition) is 7. The molecule has 0 spiro atoms. The van der Waals surface area contributed by atoms with E-state index < -0.39 is 0 Å². The van der Waals surface area contributed by atoms with Crippen LogP contribution in [0.2, 0.25) is 0 Å². The maximum atomic E-state index is 6.26. The molecule has 0 radical (unpaired) electrons. The molecule has 0 amide bonds. The summed E-state index contributed by atoms with van der Waals surface area (Å²) in [5, 5.41) is 4.18. The Hall–Kier alpha value is -2.49. The van der Waals surface area contributed by atoms with Gasteiger partial charge in [0.1, 0.15) is 6.33 Å². The highest BCUT2D eigenvalue weighted by molar-refractivity contribution is 14.2. The number of hydrogen-bond donors (Lipinski definition) is 3. The van der Waals surface area contributed by atoms with Crippen LogP contribution in [0.1, 0.15) is 0 Å². The maximum absolute atomic E-state index is 6.26. The summed E-state index contributed by atoms with van der Waals surface area (Å²) < 4.78 is 3.14. The summed E-state index contributed by atoms with van der Waals surface area (Å²) in [5.41, 5.74) is 17.7. The van der Waals surface area contributed by atoms with Gasteiger partial charge in [-0.2, -0.15) is 9.61 Å². The fourth-order valence-corrected chi connectivity index (χ4v) is 4.02. The lowest BCUT2D eigenvalue weighted by atomic mass is 9.99. The molecular formula is C17H16IN8P. The van der Waals surface area contributed by atoms with Gasteiger partial charge in [0, 0.05) is 5.56 Å². The van der Waals surface area contributed by atoms with E-state index in [2.05, 4.69) is 37.1 Å². The van der Waals surface area contributed by atoms with Crippen molar-refractivity contribution >= 4 is 51.4 Å². The van der Waals surface area contributed by atoms with Crippen LogP contribution >= 0.6 is 28.4 Å². The number of anilines is 3. The molecule has 8 nitrogen and oxygen atoms in total. The lowest BCUT2D eigenvalue weighted by molar-refractivity contribution is 0.942. The molecule has 10 heteroatoms. The second-order valence-electron chi connectivity index (χ2n) is 5.78. The van der Waals surface area contributed by atoms with Gasteiger partial charge in [0.25, 0.3) is 0 Å². The summed E-state index contributed by atoms with van der Waals surface area (Å²) in [5.74, 6) is 6.27. The van der Waals surface area contributed by atoms with Crippen molar-refractivity contribution in [1.29, 1.82) is 0 Å². The molecular weight excluding hydrogens is 474 g/mol. The highest BCUT2D eigenvalue weighted by Gasteiger charge is 2.19. The zero-order valence-corrected chi connectivity index (χ0v) is 17.2. The molecule has 1 atom stereocenters. The first kappa shape index (κ1) is 17.9. The minimum absolute atomic E-state index is 0.272. The molecule has 0 saturated heterocycles. The summed E-state index contributed by atoms with van der Waals surface area (Å²) in [4.78, 5) is 8.99. The van der Waals surface area contributed by atoms with Gasteiger partial charge in [-0.15, -0.1) is 0 Å². The molecule has 0 bridgehead atoms. The lowest BCUT2D eigenvalue weighted by Gasteiger charge is -2.18. The number of nitrogen functional groups attached to an aromatic ring is 2. The topological polar surface area (TPSA) is 124 Å². The van der Waals surface area contributed by atoms with E-state index in [9.17, 15) is 0 Å². The summed E-state index contributed by atoms with van der Waals surface area (Å²) in [6, 6.07) is 15.6. The SMILES string of the molecule is Nc1cc(-c2c(-c3ccccc3)nc(N)n3ncnc23)ccc1N(N)PI. The molecule has 0 aliphatic rings. The summed E-state index contributed by atoms with van der Waals surface area (Å²) >= 11 is 2.21. The van der Waals surface area contributed by atoms with Crippen LogP contribution in [0, 0.1) is 0 Å². The van der Waals surface area contributed by atoms with Crippen LogP contribution in [0.5, 0.6) is 0 Å². The lowest BCUT2D eigenvalue weighted by Crippen LogP contribution is -2.20. The molecule has 0 fully saturated rings. The molecule has 6 N–H and O–H groups in total. The van der Waals surface area contributed by atoms with Gasteiger partial charge in [0.15, 0.2) is 5.65 Å². The van der Waals surface area contributed by atoms with Crippen LogP contribution in [0.25, 0.3) is 28.0 Å². The van der Waals surface area contributed by atoms with Gasteiger partial charge < -0.3 is 11.5 Å². The van der Waals surface area contributed by atoms with E-state index in [-0.39, 0.29) is 5.95 Å². The molecule has 0 aliphatic heterocycles. The van der Waals surface area contributed by atoms with Crippen molar-refractivity contribution in [1.82, 2.24) is 19.6 Å². The number of nitrogens with two attached hydrogens (primary N) is 3. The number of aromatic nitrogens is 4. The van der Waals surface area contributed by atoms with Crippen molar-refractivity contribution < 1.29 is 0 Å². The smallest absolute Gasteiger partial charge is 0.223 e. The third-order valence-electron chi connectivity index (χ3n) is 4.17. The first-order chi connectivity index (χ1) is 13.1. The zero-order chi connectivity index (χ0) is 19.0. The Bertz CT molecular complexity index is 1110. The summed E-state index contributed by atoms with van der Waals surface area (Å²) in [7, 11) is 0. The van der Waals surface area contributed by atoms with Gasteiger partial charge in [0.2, 0.25) is 5.95 Å². The molecule has 136 valence electrons. The van der Waals surface area contributed by atoms with Crippen molar-refractivity contribution in [3.05, 3.63) is 54.9 Å². The Kier molecular flexibility index (Phi) is 4.81. The van der Waals surface area contributed by atoms with E-state index in [1.807, 2.05) is 48.5 Å². The molecule has 4 rings (SSSR count). The van der Waals surface area contributed by atoms with Gasteiger partial charge in [-0.1, -0.05) is 36.4 Å². The molecule has 0 saturated carbocycles. The van der Waals surface area contributed by atoms with Crippen molar-refractivity contribution in [3.63, 3.8) is 0 Å². The van der Waals surface area contributed by atoms with Crippen LogP contribution in [-0.2, 0) is 0 Å². The third-order valence-corrected chi connectivity index (χ3v) is 6.15. The van der Waals surface area contributed by atoms with Crippen LogP contribution in [-0.4, -0.2) is 19.6 Å². The zero-order valence-electron chi connectivity index (χ0n) is 14.0. The highest BCUT2D eigenvalue weighted by atomic mass is 127. The monoisotopic (exact) mass is 490 g/mol. The largest absolute Gasteiger partial charge is 0.397 e. The number of benzene rings is 2. The average molecular weight is 490 g/mol.